The molecule has 1 atom stereocenters. The van der Waals surface area contributed by atoms with Crippen LogP contribution >= 0.6 is 21.6 Å². The van der Waals surface area contributed by atoms with Crippen molar-refractivity contribution in [1.29, 1.82) is 0 Å². The Kier molecular flexibility index (Phi) is 2.09. The maximum Gasteiger partial charge on any atom is 0.128 e. The largest absolute Gasteiger partial charge is 0.378 e. The van der Waals surface area contributed by atoms with Crippen LogP contribution in [0.1, 0.15) is 0 Å². The standard InChI is InChI=1S/C4H6OS2/c5-4-2-1-3-6-7-4/h1-2,4-5H,3H2. The van der Waals surface area contributed by atoms with E-state index in [0.29, 0.717) is 0 Å². The third-order valence-corrected chi connectivity index (χ3v) is 2.86. The van der Waals surface area contributed by atoms with Gasteiger partial charge in [0, 0.05) is 5.75 Å². The molecule has 0 aromatic rings. The molecule has 0 aliphatic carbocycles. The molecule has 1 aliphatic rings. The first-order chi connectivity index (χ1) is 3.39. The fourth-order valence-electron chi connectivity index (χ4n) is 0.352. The minimum absolute atomic E-state index is 0.265. The van der Waals surface area contributed by atoms with E-state index < -0.39 is 0 Å². The van der Waals surface area contributed by atoms with Gasteiger partial charge in [0.25, 0.3) is 0 Å². The van der Waals surface area contributed by atoms with Crippen LogP contribution in [0.3, 0.4) is 0 Å². The predicted molar refractivity (Wildman–Crippen MR) is 35.2 cm³/mol. The van der Waals surface area contributed by atoms with E-state index in [0.717, 1.165) is 5.75 Å². The summed E-state index contributed by atoms with van der Waals surface area (Å²) < 4.78 is 0. The van der Waals surface area contributed by atoms with Gasteiger partial charge < -0.3 is 5.11 Å². The van der Waals surface area contributed by atoms with Crippen LogP contribution in [0.5, 0.6) is 0 Å². The zero-order valence-corrected chi connectivity index (χ0v) is 5.34. The molecule has 1 heterocycles. The van der Waals surface area contributed by atoms with Crippen molar-refractivity contribution in [3.05, 3.63) is 12.2 Å². The van der Waals surface area contributed by atoms with Crippen molar-refractivity contribution in [3.63, 3.8) is 0 Å². The molecule has 1 aliphatic heterocycles. The summed E-state index contributed by atoms with van der Waals surface area (Å²) in [4.78, 5) is 0. The molecule has 0 fully saturated rings. The molecule has 40 valence electrons. The van der Waals surface area contributed by atoms with Gasteiger partial charge in [-0.15, -0.1) is 0 Å². The second-order valence-electron chi connectivity index (χ2n) is 1.20. The molecule has 0 spiro atoms. The first-order valence-electron chi connectivity index (χ1n) is 2.02. The van der Waals surface area contributed by atoms with Crippen LogP contribution in [-0.4, -0.2) is 16.3 Å². The number of hydrogen-bond donors (Lipinski definition) is 1. The van der Waals surface area contributed by atoms with E-state index in [1.54, 1.807) is 16.9 Å². The van der Waals surface area contributed by atoms with Gasteiger partial charge in [-0.3, -0.25) is 0 Å². The average Bonchev–Trinajstić information content (AvgIpc) is 1.69. The van der Waals surface area contributed by atoms with Gasteiger partial charge in [0.1, 0.15) is 5.44 Å². The average molecular weight is 134 g/mol. The molecule has 0 saturated heterocycles. The van der Waals surface area contributed by atoms with Crippen molar-refractivity contribution in [3.8, 4) is 0 Å². The zero-order chi connectivity index (χ0) is 5.11. The summed E-state index contributed by atoms with van der Waals surface area (Å²) in [5.74, 6) is 1.03. The highest BCUT2D eigenvalue weighted by Crippen LogP contribution is 2.29. The Labute approximate surface area is 50.6 Å². The lowest BCUT2D eigenvalue weighted by Gasteiger charge is -2.06. The molecule has 0 aromatic heterocycles. The molecule has 1 rings (SSSR count). The predicted octanol–water partition coefficient (Wildman–Crippen LogP) is 1.26. The molecule has 0 aromatic carbocycles. The molecule has 3 heteroatoms. The fraction of sp³-hybridized carbons (Fsp3) is 0.500. The molecule has 0 amide bonds. The zero-order valence-electron chi connectivity index (χ0n) is 3.70. The molecule has 0 saturated carbocycles. The molecule has 1 unspecified atom stereocenters. The highest BCUT2D eigenvalue weighted by Gasteiger charge is 2.01. The van der Waals surface area contributed by atoms with Gasteiger partial charge in [0.2, 0.25) is 0 Å². The summed E-state index contributed by atoms with van der Waals surface area (Å²) >= 11 is 0. The Morgan fingerprint density at radius 1 is 1.71 bits per heavy atom. The van der Waals surface area contributed by atoms with Crippen LogP contribution < -0.4 is 0 Å². The van der Waals surface area contributed by atoms with Crippen molar-refractivity contribution >= 4 is 21.6 Å². The van der Waals surface area contributed by atoms with E-state index in [9.17, 15) is 0 Å². The number of aliphatic hydroxyl groups excluding tert-OH is 1. The van der Waals surface area contributed by atoms with E-state index in [1.807, 2.05) is 6.08 Å². The molecule has 0 radical (unpaired) electrons. The fourth-order valence-corrected chi connectivity index (χ4v) is 2.02. The maximum atomic E-state index is 8.76. The number of hydrogen-bond acceptors (Lipinski definition) is 3. The molecule has 1 N–H and O–H groups in total. The summed E-state index contributed by atoms with van der Waals surface area (Å²) in [6.07, 6.45) is 3.78. The lowest BCUT2D eigenvalue weighted by Crippen LogP contribution is -1.95. The quantitative estimate of drug-likeness (QED) is 0.398. The van der Waals surface area contributed by atoms with Crippen LogP contribution in [0.2, 0.25) is 0 Å². The molecule has 7 heavy (non-hydrogen) atoms. The Morgan fingerprint density at radius 3 is 2.86 bits per heavy atom. The first kappa shape index (κ1) is 5.54. The summed E-state index contributed by atoms with van der Waals surface area (Å²) in [7, 11) is 3.19. The monoisotopic (exact) mass is 134 g/mol. The summed E-state index contributed by atoms with van der Waals surface area (Å²) in [6, 6.07) is 0. The lowest BCUT2D eigenvalue weighted by atomic mass is 10.5. The van der Waals surface area contributed by atoms with Gasteiger partial charge in [-0.05, 0) is 6.08 Å². The Balaban J connectivity index is 2.36. The van der Waals surface area contributed by atoms with Gasteiger partial charge in [-0.2, -0.15) is 0 Å². The van der Waals surface area contributed by atoms with Gasteiger partial charge in [-0.1, -0.05) is 27.7 Å². The van der Waals surface area contributed by atoms with Crippen molar-refractivity contribution in [1.82, 2.24) is 0 Å². The van der Waals surface area contributed by atoms with Crippen LogP contribution in [0.25, 0.3) is 0 Å². The summed E-state index contributed by atoms with van der Waals surface area (Å²) in [5.41, 5.74) is -0.265. The van der Waals surface area contributed by atoms with Gasteiger partial charge in [0.05, 0.1) is 0 Å². The Bertz CT molecular complexity index is 81.8. The maximum absolute atomic E-state index is 8.76. The van der Waals surface area contributed by atoms with Crippen molar-refractivity contribution in [2.45, 2.75) is 5.44 Å². The SMILES string of the molecule is OC1C=CCSS1. The highest BCUT2D eigenvalue weighted by molar-refractivity contribution is 8.77. The topological polar surface area (TPSA) is 20.2 Å². The van der Waals surface area contributed by atoms with E-state index in [-0.39, 0.29) is 5.44 Å². The Hall–Kier alpha value is 0.400. The van der Waals surface area contributed by atoms with Crippen LogP contribution in [0, 0.1) is 0 Å². The van der Waals surface area contributed by atoms with E-state index in [2.05, 4.69) is 0 Å². The molecule has 1 nitrogen and oxygen atoms in total. The minimum Gasteiger partial charge on any atom is -0.378 e. The van der Waals surface area contributed by atoms with E-state index in [4.69, 9.17) is 5.11 Å². The van der Waals surface area contributed by atoms with Gasteiger partial charge >= 0.3 is 0 Å². The van der Waals surface area contributed by atoms with Crippen LogP contribution in [-0.2, 0) is 0 Å². The molecular weight excluding hydrogens is 128 g/mol. The third kappa shape index (κ3) is 1.76. The van der Waals surface area contributed by atoms with Crippen molar-refractivity contribution < 1.29 is 5.11 Å². The normalized spacial score (nSPS) is 30.7. The first-order valence-corrected chi connectivity index (χ1v) is 4.41. The third-order valence-electron chi connectivity index (χ3n) is 0.632. The minimum atomic E-state index is -0.265. The summed E-state index contributed by atoms with van der Waals surface area (Å²) in [5, 5.41) is 8.76. The molecule has 0 bridgehead atoms. The van der Waals surface area contributed by atoms with Crippen LogP contribution in [0.4, 0.5) is 0 Å². The lowest BCUT2D eigenvalue weighted by molar-refractivity contribution is 0.311. The van der Waals surface area contributed by atoms with E-state index in [1.165, 1.54) is 10.8 Å². The van der Waals surface area contributed by atoms with E-state index >= 15 is 0 Å². The van der Waals surface area contributed by atoms with Crippen LogP contribution in [0.15, 0.2) is 12.2 Å². The highest BCUT2D eigenvalue weighted by atomic mass is 33.1. The van der Waals surface area contributed by atoms with Crippen molar-refractivity contribution in [2.75, 3.05) is 5.75 Å². The number of aliphatic hydroxyl groups is 1. The van der Waals surface area contributed by atoms with Gasteiger partial charge in [-0.25, -0.2) is 0 Å². The van der Waals surface area contributed by atoms with Gasteiger partial charge in [0.15, 0.2) is 0 Å². The van der Waals surface area contributed by atoms with Crippen molar-refractivity contribution in [2.24, 2.45) is 0 Å². The second kappa shape index (κ2) is 2.64. The second-order valence-corrected chi connectivity index (χ2v) is 3.73. The number of rotatable bonds is 0. The molecular formula is C4H6OS2. The summed E-state index contributed by atoms with van der Waals surface area (Å²) in [6.45, 7) is 0. The smallest absolute Gasteiger partial charge is 0.128 e. The Morgan fingerprint density at radius 2 is 2.57 bits per heavy atom.